The Morgan fingerprint density at radius 3 is 2.71 bits per heavy atom. The fourth-order valence-corrected chi connectivity index (χ4v) is 4.90. The predicted molar refractivity (Wildman–Crippen MR) is 112 cm³/mol. The van der Waals surface area contributed by atoms with Crippen LogP contribution in [0.25, 0.3) is 0 Å². The highest BCUT2D eigenvalue weighted by molar-refractivity contribution is 5.91. The number of hydrogen-bond donors (Lipinski definition) is 2. The summed E-state index contributed by atoms with van der Waals surface area (Å²) in [6.45, 7) is 2.19. The van der Waals surface area contributed by atoms with Crippen molar-refractivity contribution >= 4 is 17.5 Å². The minimum Gasteiger partial charge on any atom is -0.487 e. The fraction of sp³-hybridized carbons (Fsp3) is 0.652. The molecule has 4 atom stereocenters. The van der Waals surface area contributed by atoms with E-state index < -0.39 is 6.10 Å². The van der Waals surface area contributed by atoms with Gasteiger partial charge in [-0.15, -0.1) is 0 Å². The van der Waals surface area contributed by atoms with Crippen LogP contribution in [0.2, 0.25) is 0 Å². The number of carbonyl (C=O) groups is 2. The van der Waals surface area contributed by atoms with Crippen molar-refractivity contribution in [3.05, 3.63) is 23.8 Å². The summed E-state index contributed by atoms with van der Waals surface area (Å²) in [5, 5.41) is 12.9. The van der Waals surface area contributed by atoms with Gasteiger partial charge in [0.05, 0.1) is 32.3 Å². The minimum absolute atomic E-state index is 0.0173. The van der Waals surface area contributed by atoms with Gasteiger partial charge < -0.3 is 29.5 Å². The summed E-state index contributed by atoms with van der Waals surface area (Å²) in [6, 6.07) is 5.71. The van der Waals surface area contributed by atoms with E-state index in [1.165, 1.54) is 0 Å². The third-order valence-corrected chi connectivity index (χ3v) is 6.72. The van der Waals surface area contributed by atoms with Gasteiger partial charge in [0.1, 0.15) is 18.0 Å². The average Bonchev–Trinajstić information content (AvgIpc) is 3.52. The van der Waals surface area contributed by atoms with E-state index in [1.54, 1.807) is 0 Å². The molecule has 0 spiro atoms. The van der Waals surface area contributed by atoms with Crippen molar-refractivity contribution in [1.29, 1.82) is 0 Å². The molecular weight excluding hydrogens is 400 g/mol. The van der Waals surface area contributed by atoms with E-state index in [0.29, 0.717) is 45.1 Å². The standard InChI is InChI=1S/C23H30N2O6/c26-13-20-23-18(11-16(30-20)12-22(28)25-5-7-29-8-6-25)17-10-15(3-4-19(17)31-23)24-21(27)9-14-1-2-14/h3-4,10,14,16,18,20,23,26H,1-2,5-9,11-13H2,(H,24,27)/t16-,18-,20+,23+/m0/s1. The van der Waals surface area contributed by atoms with Crippen LogP contribution in [0.3, 0.4) is 0 Å². The molecule has 1 aromatic carbocycles. The first-order chi connectivity index (χ1) is 15.1. The number of nitrogens with zero attached hydrogens (tertiary/aromatic N) is 1. The van der Waals surface area contributed by atoms with E-state index in [-0.39, 0.29) is 43.0 Å². The lowest BCUT2D eigenvalue weighted by atomic mass is 9.84. The van der Waals surface area contributed by atoms with Crippen LogP contribution in [0.1, 0.15) is 43.6 Å². The highest BCUT2D eigenvalue weighted by Crippen LogP contribution is 2.47. The fourth-order valence-electron chi connectivity index (χ4n) is 4.90. The molecule has 168 valence electrons. The number of nitrogens with one attached hydrogen (secondary N) is 1. The molecule has 2 saturated heterocycles. The Kier molecular flexibility index (Phi) is 5.86. The lowest BCUT2D eigenvalue weighted by molar-refractivity contribution is -0.151. The highest BCUT2D eigenvalue weighted by Gasteiger charge is 2.46. The number of aliphatic hydroxyl groups is 1. The molecule has 5 rings (SSSR count). The zero-order valence-corrected chi connectivity index (χ0v) is 17.6. The topological polar surface area (TPSA) is 97.3 Å². The number of benzene rings is 1. The quantitative estimate of drug-likeness (QED) is 0.713. The SMILES string of the molecule is O=C(CC1CC1)Nc1ccc2c(c1)[C@@H]1C[C@@H](CC(=O)N3CCOCC3)O[C@H](CO)[C@@H]1O2. The number of amides is 2. The van der Waals surface area contributed by atoms with Crippen molar-refractivity contribution in [2.24, 2.45) is 5.92 Å². The van der Waals surface area contributed by atoms with Crippen LogP contribution < -0.4 is 10.1 Å². The monoisotopic (exact) mass is 430 g/mol. The summed E-state index contributed by atoms with van der Waals surface area (Å²) in [6.07, 6.45) is 2.73. The van der Waals surface area contributed by atoms with Crippen molar-refractivity contribution in [3.63, 3.8) is 0 Å². The van der Waals surface area contributed by atoms with Gasteiger partial charge in [0, 0.05) is 36.7 Å². The normalized spacial score (nSPS) is 29.6. The number of fused-ring (bicyclic) bond motifs is 3. The number of ether oxygens (including phenoxy) is 3. The van der Waals surface area contributed by atoms with Crippen molar-refractivity contribution < 1.29 is 28.9 Å². The molecular formula is C23H30N2O6. The first kappa shape index (κ1) is 20.7. The highest BCUT2D eigenvalue weighted by atomic mass is 16.6. The van der Waals surface area contributed by atoms with Crippen molar-refractivity contribution in [1.82, 2.24) is 4.90 Å². The van der Waals surface area contributed by atoms with Crippen LogP contribution in [0, 0.1) is 5.92 Å². The summed E-state index contributed by atoms with van der Waals surface area (Å²) in [4.78, 5) is 26.8. The van der Waals surface area contributed by atoms with Crippen LogP contribution in [-0.2, 0) is 19.1 Å². The van der Waals surface area contributed by atoms with Gasteiger partial charge in [-0.2, -0.15) is 0 Å². The second kappa shape index (κ2) is 8.76. The van der Waals surface area contributed by atoms with Gasteiger partial charge in [-0.05, 0) is 43.4 Å². The first-order valence-electron chi connectivity index (χ1n) is 11.3. The first-order valence-corrected chi connectivity index (χ1v) is 11.3. The second-order valence-electron chi connectivity index (χ2n) is 9.05. The van der Waals surface area contributed by atoms with Crippen molar-refractivity contribution in [3.8, 4) is 5.75 Å². The third-order valence-electron chi connectivity index (χ3n) is 6.72. The second-order valence-corrected chi connectivity index (χ2v) is 9.05. The Balaban J connectivity index is 1.28. The Hall–Kier alpha value is -2.16. The van der Waals surface area contributed by atoms with Gasteiger partial charge in [-0.25, -0.2) is 0 Å². The van der Waals surface area contributed by atoms with Gasteiger partial charge in [-0.1, -0.05) is 0 Å². The molecule has 2 amide bonds. The molecule has 1 aliphatic carbocycles. The molecule has 0 aromatic heterocycles. The Morgan fingerprint density at radius 2 is 1.97 bits per heavy atom. The molecule has 3 fully saturated rings. The number of anilines is 1. The van der Waals surface area contributed by atoms with Crippen molar-refractivity contribution in [2.75, 3.05) is 38.2 Å². The maximum atomic E-state index is 12.7. The van der Waals surface area contributed by atoms with E-state index in [0.717, 1.165) is 29.8 Å². The molecule has 4 aliphatic rings. The molecule has 0 radical (unpaired) electrons. The molecule has 1 saturated carbocycles. The average molecular weight is 431 g/mol. The van der Waals surface area contributed by atoms with Gasteiger partial charge in [0.2, 0.25) is 11.8 Å². The molecule has 3 aliphatic heterocycles. The van der Waals surface area contributed by atoms with Crippen molar-refractivity contribution in [2.45, 2.75) is 56.3 Å². The Labute approximate surface area is 181 Å². The van der Waals surface area contributed by atoms with Gasteiger partial charge >= 0.3 is 0 Å². The van der Waals surface area contributed by atoms with E-state index in [9.17, 15) is 14.7 Å². The van der Waals surface area contributed by atoms with E-state index in [2.05, 4.69) is 5.32 Å². The predicted octanol–water partition coefficient (Wildman–Crippen LogP) is 1.67. The lowest BCUT2D eigenvalue weighted by Crippen LogP contribution is -2.48. The maximum absolute atomic E-state index is 12.7. The molecule has 0 unspecified atom stereocenters. The number of rotatable bonds is 6. The summed E-state index contributed by atoms with van der Waals surface area (Å²) in [5.41, 5.74) is 1.78. The maximum Gasteiger partial charge on any atom is 0.225 e. The van der Waals surface area contributed by atoms with Crippen LogP contribution >= 0.6 is 0 Å². The molecule has 0 bridgehead atoms. The smallest absolute Gasteiger partial charge is 0.225 e. The van der Waals surface area contributed by atoms with Gasteiger partial charge in [0.25, 0.3) is 0 Å². The molecule has 8 heteroatoms. The number of hydrogen-bond acceptors (Lipinski definition) is 6. The molecule has 2 N–H and O–H groups in total. The van der Waals surface area contributed by atoms with E-state index in [4.69, 9.17) is 14.2 Å². The Bertz CT molecular complexity index is 835. The summed E-state index contributed by atoms with van der Waals surface area (Å²) < 4.78 is 17.5. The largest absolute Gasteiger partial charge is 0.487 e. The minimum atomic E-state index is -0.485. The Morgan fingerprint density at radius 1 is 1.16 bits per heavy atom. The van der Waals surface area contributed by atoms with Gasteiger partial charge in [-0.3, -0.25) is 9.59 Å². The summed E-state index contributed by atoms with van der Waals surface area (Å²) in [5.74, 6) is 1.42. The molecule has 1 aromatic rings. The molecule has 3 heterocycles. The third kappa shape index (κ3) is 4.56. The van der Waals surface area contributed by atoms with Crippen LogP contribution in [0.15, 0.2) is 18.2 Å². The number of carbonyl (C=O) groups excluding carboxylic acids is 2. The lowest BCUT2D eigenvalue weighted by Gasteiger charge is -2.38. The number of morpholine rings is 1. The van der Waals surface area contributed by atoms with Crippen LogP contribution in [0.5, 0.6) is 5.75 Å². The van der Waals surface area contributed by atoms with E-state index in [1.807, 2.05) is 23.1 Å². The molecule has 8 nitrogen and oxygen atoms in total. The number of aliphatic hydroxyl groups excluding tert-OH is 1. The summed E-state index contributed by atoms with van der Waals surface area (Å²) in [7, 11) is 0. The van der Waals surface area contributed by atoms with Crippen LogP contribution in [0.4, 0.5) is 5.69 Å². The summed E-state index contributed by atoms with van der Waals surface area (Å²) >= 11 is 0. The van der Waals surface area contributed by atoms with E-state index >= 15 is 0 Å². The van der Waals surface area contributed by atoms with Crippen LogP contribution in [-0.4, -0.2) is 73.0 Å². The molecule has 31 heavy (non-hydrogen) atoms. The van der Waals surface area contributed by atoms with Gasteiger partial charge in [0.15, 0.2) is 0 Å². The zero-order valence-electron chi connectivity index (χ0n) is 17.6. The zero-order chi connectivity index (χ0) is 21.4.